The molecule has 2 aromatic rings. The quantitative estimate of drug-likeness (QED) is 0.884. The van der Waals surface area contributed by atoms with Gasteiger partial charge < -0.3 is 15.2 Å². The fraction of sp³-hybridized carbons (Fsp3) is 0.294. The Bertz CT molecular complexity index is 700. The monoisotopic (exact) mass is 298 g/mol. The van der Waals surface area contributed by atoms with Gasteiger partial charge in [0.2, 0.25) is 5.88 Å². The first-order chi connectivity index (χ1) is 10.7. The molecule has 1 aromatic carbocycles. The molecule has 0 radical (unpaired) electrons. The van der Waals surface area contributed by atoms with Crippen molar-refractivity contribution in [3.63, 3.8) is 0 Å². The molecular weight excluding hydrogens is 280 g/mol. The van der Waals surface area contributed by atoms with Gasteiger partial charge in [0.1, 0.15) is 0 Å². The van der Waals surface area contributed by atoms with Crippen molar-refractivity contribution in [2.24, 2.45) is 0 Å². The van der Waals surface area contributed by atoms with Crippen LogP contribution in [0.3, 0.4) is 0 Å². The van der Waals surface area contributed by atoms with Crippen LogP contribution in [0.5, 0.6) is 5.88 Å². The fourth-order valence-corrected chi connectivity index (χ4v) is 2.81. The van der Waals surface area contributed by atoms with Crippen molar-refractivity contribution in [1.82, 2.24) is 10.3 Å². The predicted octanol–water partition coefficient (Wildman–Crippen LogP) is 2.05. The molecule has 0 aliphatic heterocycles. The van der Waals surface area contributed by atoms with Crippen molar-refractivity contribution in [1.29, 1.82) is 0 Å². The molecule has 0 saturated carbocycles. The highest BCUT2D eigenvalue weighted by molar-refractivity contribution is 5.88. The van der Waals surface area contributed by atoms with Gasteiger partial charge in [-0.2, -0.15) is 0 Å². The molecule has 3 rings (SSSR count). The molecule has 0 amide bonds. The van der Waals surface area contributed by atoms with Crippen molar-refractivity contribution in [2.75, 3.05) is 7.11 Å². The van der Waals surface area contributed by atoms with E-state index in [0.717, 1.165) is 24.1 Å². The number of carboxylic acid groups (broad SMARTS) is 1. The number of aromatic carboxylic acids is 1. The maximum absolute atomic E-state index is 11.0. The number of carbonyl (C=O) groups is 1. The summed E-state index contributed by atoms with van der Waals surface area (Å²) in [5.74, 6) is -0.264. The van der Waals surface area contributed by atoms with E-state index in [1.165, 1.54) is 5.56 Å². The molecule has 1 atom stereocenters. The van der Waals surface area contributed by atoms with Gasteiger partial charge in [0.25, 0.3) is 0 Å². The number of rotatable bonds is 5. The van der Waals surface area contributed by atoms with Gasteiger partial charge in [-0.15, -0.1) is 0 Å². The lowest BCUT2D eigenvalue weighted by atomic mass is 10.1. The van der Waals surface area contributed by atoms with Crippen LogP contribution in [0.2, 0.25) is 0 Å². The molecule has 22 heavy (non-hydrogen) atoms. The van der Waals surface area contributed by atoms with Crippen molar-refractivity contribution >= 4 is 5.97 Å². The molecule has 1 aliphatic carbocycles. The molecule has 0 fully saturated rings. The number of nitrogens with one attached hydrogen (secondary N) is 1. The maximum atomic E-state index is 11.0. The second-order valence-electron chi connectivity index (χ2n) is 5.45. The first-order valence-electron chi connectivity index (χ1n) is 7.24. The number of methoxy groups -OCH3 is 1. The van der Waals surface area contributed by atoms with E-state index >= 15 is 0 Å². The number of aromatic nitrogens is 1. The average Bonchev–Trinajstić information content (AvgIpc) is 2.95. The van der Waals surface area contributed by atoms with Gasteiger partial charge in [-0.1, -0.05) is 12.1 Å². The molecular formula is C17H18N2O3. The smallest absolute Gasteiger partial charge is 0.335 e. The molecule has 2 N–H and O–H groups in total. The Kier molecular flexibility index (Phi) is 4.06. The summed E-state index contributed by atoms with van der Waals surface area (Å²) >= 11 is 0. The van der Waals surface area contributed by atoms with Crippen LogP contribution in [0.1, 0.15) is 27.2 Å². The lowest BCUT2D eigenvalue weighted by Crippen LogP contribution is -2.29. The summed E-state index contributed by atoms with van der Waals surface area (Å²) in [4.78, 5) is 15.4. The van der Waals surface area contributed by atoms with Gasteiger partial charge in [-0.25, -0.2) is 9.78 Å². The number of fused-ring (bicyclic) bond motifs is 1. The lowest BCUT2D eigenvalue weighted by Gasteiger charge is -2.11. The van der Waals surface area contributed by atoms with Crippen LogP contribution in [0.25, 0.3) is 0 Å². The van der Waals surface area contributed by atoms with Crippen molar-refractivity contribution < 1.29 is 14.6 Å². The third kappa shape index (κ3) is 3.09. The fourth-order valence-electron chi connectivity index (χ4n) is 2.81. The van der Waals surface area contributed by atoms with E-state index in [2.05, 4.69) is 10.3 Å². The van der Waals surface area contributed by atoms with E-state index in [1.807, 2.05) is 24.3 Å². The van der Waals surface area contributed by atoms with E-state index in [4.69, 9.17) is 9.84 Å². The standard InChI is InChI=1S/C17H18N2O3/c1-22-16-4-2-3-14(19-16)10-18-15-8-11-5-6-12(17(20)21)7-13(11)9-15/h2-7,15,18H,8-10H2,1H3,(H,20,21). The summed E-state index contributed by atoms with van der Waals surface area (Å²) in [6.45, 7) is 0.668. The van der Waals surface area contributed by atoms with Gasteiger partial charge in [-0.05, 0) is 42.2 Å². The van der Waals surface area contributed by atoms with Crippen LogP contribution < -0.4 is 10.1 Å². The van der Waals surface area contributed by atoms with Gasteiger partial charge in [-0.3, -0.25) is 0 Å². The molecule has 5 heteroatoms. The average molecular weight is 298 g/mol. The minimum absolute atomic E-state index is 0.312. The Balaban J connectivity index is 1.62. The third-order valence-corrected chi connectivity index (χ3v) is 3.95. The number of benzene rings is 1. The summed E-state index contributed by atoms with van der Waals surface area (Å²) in [5, 5.41) is 12.5. The summed E-state index contributed by atoms with van der Waals surface area (Å²) in [6, 6.07) is 11.4. The molecule has 0 saturated heterocycles. The summed E-state index contributed by atoms with van der Waals surface area (Å²) in [5.41, 5.74) is 3.63. The Morgan fingerprint density at radius 1 is 1.32 bits per heavy atom. The number of ether oxygens (including phenoxy) is 1. The largest absolute Gasteiger partial charge is 0.481 e. The first kappa shape index (κ1) is 14.5. The van der Waals surface area contributed by atoms with Crippen LogP contribution in [-0.4, -0.2) is 29.2 Å². The highest BCUT2D eigenvalue weighted by atomic mass is 16.5. The van der Waals surface area contributed by atoms with E-state index < -0.39 is 5.97 Å². The van der Waals surface area contributed by atoms with E-state index in [1.54, 1.807) is 19.2 Å². The van der Waals surface area contributed by atoms with Crippen molar-refractivity contribution in [2.45, 2.75) is 25.4 Å². The zero-order chi connectivity index (χ0) is 15.5. The molecule has 0 bridgehead atoms. The Morgan fingerprint density at radius 2 is 2.14 bits per heavy atom. The van der Waals surface area contributed by atoms with Crippen LogP contribution in [0.4, 0.5) is 0 Å². The molecule has 114 valence electrons. The third-order valence-electron chi connectivity index (χ3n) is 3.95. The topological polar surface area (TPSA) is 71.5 Å². The molecule has 1 unspecified atom stereocenters. The van der Waals surface area contributed by atoms with Gasteiger partial charge in [0.15, 0.2) is 0 Å². The van der Waals surface area contributed by atoms with Crippen LogP contribution >= 0.6 is 0 Å². The maximum Gasteiger partial charge on any atom is 0.335 e. The highest BCUT2D eigenvalue weighted by Gasteiger charge is 2.22. The highest BCUT2D eigenvalue weighted by Crippen LogP contribution is 2.23. The second kappa shape index (κ2) is 6.15. The number of pyridine rings is 1. The van der Waals surface area contributed by atoms with Crippen LogP contribution in [0.15, 0.2) is 36.4 Å². The molecule has 1 aromatic heterocycles. The van der Waals surface area contributed by atoms with Gasteiger partial charge >= 0.3 is 5.97 Å². The second-order valence-corrected chi connectivity index (χ2v) is 5.45. The van der Waals surface area contributed by atoms with E-state index in [9.17, 15) is 4.79 Å². The van der Waals surface area contributed by atoms with E-state index in [0.29, 0.717) is 24.0 Å². The molecule has 0 spiro atoms. The van der Waals surface area contributed by atoms with Crippen LogP contribution in [0, 0.1) is 0 Å². The summed E-state index contributed by atoms with van der Waals surface area (Å²) in [7, 11) is 1.60. The summed E-state index contributed by atoms with van der Waals surface area (Å²) < 4.78 is 5.12. The number of hydrogen-bond donors (Lipinski definition) is 2. The zero-order valence-electron chi connectivity index (χ0n) is 12.4. The normalized spacial score (nSPS) is 16.3. The lowest BCUT2D eigenvalue weighted by molar-refractivity contribution is 0.0697. The Labute approximate surface area is 129 Å². The number of nitrogens with zero attached hydrogens (tertiary/aromatic N) is 1. The molecule has 1 heterocycles. The number of hydrogen-bond acceptors (Lipinski definition) is 4. The Morgan fingerprint density at radius 3 is 2.91 bits per heavy atom. The van der Waals surface area contributed by atoms with E-state index in [-0.39, 0.29) is 0 Å². The first-order valence-corrected chi connectivity index (χ1v) is 7.24. The molecule has 1 aliphatic rings. The Hall–Kier alpha value is -2.40. The predicted molar refractivity (Wildman–Crippen MR) is 82.2 cm³/mol. The van der Waals surface area contributed by atoms with Gasteiger partial charge in [0, 0.05) is 18.7 Å². The van der Waals surface area contributed by atoms with Crippen molar-refractivity contribution in [3.8, 4) is 5.88 Å². The minimum Gasteiger partial charge on any atom is -0.481 e. The SMILES string of the molecule is COc1cccc(CNC2Cc3ccc(C(=O)O)cc3C2)n1. The zero-order valence-corrected chi connectivity index (χ0v) is 12.4. The van der Waals surface area contributed by atoms with Crippen LogP contribution in [-0.2, 0) is 19.4 Å². The number of carboxylic acids is 1. The van der Waals surface area contributed by atoms with Crippen molar-refractivity contribution in [3.05, 3.63) is 58.8 Å². The van der Waals surface area contributed by atoms with Gasteiger partial charge in [0.05, 0.1) is 18.4 Å². The summed E-state index contributed by atoms with van der Waals surface area (Å²) in [6.07, 6.45) is 1.76. The minimum atomic E-state index is -0.875. The molecule has 5 nitrogen and oxygen atoms in total.